The summed E-state index contributed by atoms with van der Waals surface area (Å²) in [5.41, 5.74) is 12.6. The number of unbranched alkanes of at least 4 members (excludes halogenated alkanes) is 1. The van der Waals surface area contributed by atoms with Gasteiger partial charge < -0.3 is 100 Å². The standard InChI is InChI=1S/C74H96N18O18S2/c1-40-62(98)90-57(71(107)92-29-11-19-59(92)72(108)91-28-10-18-58(91)70(106)85-49(16-7-8-26-75)64(100)89-55(73(109)110)35-61(96)97)38-112-111-37-56(82-41(2)93)69(105)84-51(24-25-60(94)95)65(101)88-54(34-48-36-78-39-80-48)68(104)87-53(33-43-21-23-45-13-4-6-15-47(45)31-43)67(103)83-50(17-9-27-79-74(76)77)63(99)86-52(66(102)81-40)32-42-20-22-44-12-3-5-14-46(44)30-42/h3-6,12-15,20-23,30-31,36,39-40,49-59H,7-11,16-19,24-29,32-35,37-38,75H2,1-2H3,(H,78,80)(H,81,102)(H,82,93)(H,83,103)(H,84,105)(H,85,106)(H,86,99)(H,87,104)(H,88,101)(H,89,100)(H,90,98)(H,94,95)(H,96,97)(H,109,110)(H4,76,77,79)/t40-,49-,50-,51-,52-,53+,54-,55-,56-,57-,58-,59-/m0/s1. The molecule has 0 unspecified atom stereocenters. The van der Waals surface area contributed by atoms with Crippen LogP contribution in [-0.4, -0.2) is 240 Å². The Morgan fingerprint density at radius 3 is 1.69 bits per heavy atom. The van der Waals surface area contributed by atoms with Crippen LogP contribution in [0.3, 0.4) is 0 Å². The first-order valence-electron chi connectivity index (χ1n) is 36.8. The van der Waals surface area contributed by atoms with Crippen molar-refractivity contribution in [3.05, 3.63) is 114 Å². The Labute approximate surface area is 651 Å². The summed E-state index contributed by atoms with van der Waals surface area (Å²) < 4.78 is 0. The van der Waals surface area contributed by atoms with Gasteiger partial charge in [-0.05, 0) is 110 Å². The average molecular weight is 1590 g/mol. The summed E-state index contributed by atoms with van der Waals surface area (Å²) in [6, 6.07) is 7.11. The smallest absolute Gasteiger partial charge is 0.326 e. The monoisotopic (exact) mass is 1590 g/mol. The van der Waals surface area contributed by atoms with Gasteiger partial charge in [0.05, 0.1) is 18.4 Å². The van der Waals surface area contributed by atoms with E-state index in [0.717, 1.165) is 50.1 Å². The number of likely N-dealkylation sites (tertiary alicyclic amines) is 2. The number of aromatic nitrogens is 2. The van der Waals surface area contributed by atoms with E-state index in [1.54, 1.807) is 36.4 Å². The molecule has 0 bridgehead atoms. The van der Waals surface area contributed by atoms with Gasteiger partial charge in [0, 0.05) is 69.9 Å². The Morgan fingerprint density at radius 1 is 0.598 bits per heavy atom. The summed E-state index contributed by atoms with van der Waals surface area (Å²) in [6.07, 6.45) is 0.946. The maximum absolute atomic E-state index is 15.4. The highest BCUT2D eigenvalue weighted by Gasteiger charge is 2.45. The number of benzene rings is 4. The van der Waals surface area contributed by atoms with Crippen LogP contribution >= 0.6 is 21.6 Å². The molecular formula is C74H96N18O18S2. The van der Waals surface area contributed by atoms with Crippen molar-refractivity contribution in [2.45, 2.75) is 183 Å². The SMILES string of the molecule is CC(=O)N[C@H]1CSSC[C@@H](C(=O)N2CCC[C@H]2C(=O)N2CCC[C@H]2C(=O)N[C@@H](CCCCN)C(=O)N[C@@H](CC(=O)O)C(=O)O)NC(=O)[C@H](C)NC(=O)[C@H](Cc2ccc3ccccc3c2)NC(=O)[C@H](CCCNC(=N)N)NC(=O)[C@@H](Cc2ccc3ccccc3c2)NC(=O)[C@H](Cc2c[nH]cn2)NC(=O)[C@H](CCC(=O)O)NC1=O. The third-order valence-electron chi connectivity index (χ3n) is 19.1. The number of carbonyl (C=O) groups is 15. The molecule has 3 aliphatic rings. The lowest BCUT2D eigenvalue weighted by atomic mass is 9.99. The predicted octanol–water partition coefficient (Wildman–Crippen LogP) is -1.17. The highest BCUT2D eigenvalue weighted by Crippen LogP contribution is 2.29. The molecule has 38 heteroatoms. The number of guanidine groups is 1. The molecule has 8 rings (SSSR count). The lowest BCUT2D eigenvalue weighted by Crippen LogP contribution is -2.61. The summed E-state index contributed by atoms with van der Waals surface area (Å²) in [7, 11) is 1.83. The number of carboxylic acids is 3. The zero-order valence-electron chi connectivity index (χ0n) is 61.8. The van der Waals surface area contributed by atoms with Crippen LogP contribution in [0.25, 0.3) is 21.5 Å². The molecule has 4 heterocycles. The van der Waals surface area contributed by atoms with Crippen LogP contribution in [-0.2, 0) is 91.2 Å². The van der Waals surface area contributed by atoms with Gasteiger partial charge >= 0.3 is 17.9 Å². The molecule has 3 fully saturated rings. The zero-order valence-corrected chi connectivity index (χ0v) is 63.4. The fourth-order valence-corrected chi connectivity index (χ4v) is 15.6. The predicted molar refractivity (Wildman–Crippen MR) is 411 cm³/mol. The van der Waals surface area contributed by atoms with Crippen molar-refractivity contribution in [2.24, 2.45) is 11.5 Å². The van der Waals surface area contributed by atoms with Gasteiger partial charge in [-0.1, -0.05) is 107 Å². The van der Waals surface area contributed by atoms with E-state index in [4.69, 9.17) is 16.9 Å². The number of carbonyl (C=O) groups excluding carboxylic acids is 12. The van der Waals surface area contributed by atoms with Crippen LogP contribution in [0.2, 0.25) is 0 Å². The Bertz CT molecular complexity index is 4270. The lowest BCUT2D eigenvalue weighted by Gasteiger charge is -2.33. The molecule has 36 nitrogen and oxygen atoms in total. The minimum Gasteiger partial charge on any atom is -0.481 e. The molecule has 20 N–H and O–H groups in total. The Kier molecular flexibility index (Phi) is 32.4. The molecule has 0 aliphatic carbocycles. The van der Waals surface area contributed by atoms with Gasteiger partial charge in [-0.3, -0.25) is 72.5 Å². The van der Waals surface area contributed by atoms with Gasteiger partial charge in [-0.15, -0.1) is 0 Å². The van der Waals surface area contributed by atoms with Crippen molar-refractivity contribution < 1.29 is 87.2 Å². The van der Waals surface area contributed by atoms with E-state index >= 15 is 24.0 Å². The number of fused-ring (bicyclic) bond motifs is 2. The Hall–Kier alpha value is -11.4. The van der Waals surface area contributed by atoms with Crippen molar-refractivity contribution in [3.63, 3.8) is 0 Å². The molecule has 3 aliphatic heterocycles. The number of carboxylic acid groups (broad SMARTS) is 3. The number of aliphatic carboxylic acids is 3. The van der Waals surface area contributed by atoms with E-state index in [1.807, 2.05) is 48.5 Å². The van der Waals surface area contributed by atoms with E-state index in [0.29, 0.717) is 24.0 Å². The maximum atomic E-state index is 15.4. The first kappa shape index (κ1) is 86.2. The molecule has 0 saturated carbocycles. The molecule has 602 valence electrons. The Balaban J connectivity index is 1.15. The van der Waals surface area contributed by atoms with Crippen molar-refractivity contribution in [1.82, 2.24) is 78.3 Å². The van der Waals surface area contributed by atoms with Crippen molar-refractivity contribution >= 4 is 138 Å². The highest BCUT2D eigenvalue weighted by atomic mass is 33.1. The maximum Gasteiger partial charge on any atom is 0.326 e. The fourth-order valence-electron chi connectivity index (χ4n) is 13.3. The van der Waals surface area contributed by atoms with E-state index in [-0.39, 0.29) is 108 Å². The van der Waals surface area contributed by atoms with Gasteiger partial charge in [0.2, 0.25) is 70.9 Å². The number of rotatable bonds is 27. The van der Waals surface area contributed by atoms with Crippen LogP contribution in [0.1, 0.15) is 108 Å². The normalized spacial score (nSPS) is 22.6. The second-order valence-electron chi connectivity index (χ2n) is 27.6. The average Bonchev–Trinajstić information content (AvgIpc) is 1.63. The van der Waals surface area contributed by atoms with Crippen molar-refractivity contribution in [3.8, 4) is 0 Å². The first-order valence-corrected chi connectivity index (χ1v) is 39.3. The molecule has 4 aromatic carbocycles. The topological polar surface area (TPSA) is 560 Å². The van der Waals surface area contributed by atoms with Crippen LogP contribution in [0.4, 0.5) is 0 Å². The van der Waals surface area contributed by atoms with E-state index < -0.39 is 187 Å². The molecule has 0 radical (unpaired) electrons. The van der Waals surface area contributed by atoms with Gasteiger partial charge in [0.1, 0.15) is 72.5 Å². The molecule has 5 aromatic rings. The number of nitrogens with zero attached hydrogens (tertiary/aromatic N) is 3. The van der Waals surface area contributed by atoms with Crippen molar-refractivity contribution in [1.29, 1.82) is 5.41 Å². The van der Waals surface area contributed by atoms with Crippen LogP contribution in [0.5, 0.6) is 0 Å². The van der Waals surface area contributed by atoms with Crippen molar-refractivity contribution in [2.75, 3.05) is 37.7 Å². The number of hydrogen-bond donors (Lipinski definition) is 18. The van der Waals surface area contributed by atoms with Crippen LogP contribution in [0, 0.1) is 5.41 Å². The minimum atomic E-state index is -1.85. The number of aromatic amines is 1. The third kappa shape index (κ3) is 25.6. The number of hydrogen-bond acceptors (Lipinski definition) is 20. The highest BCUT2D eigenvalue weighted by molar-refractivity contribution is 8.76. The fraction of sp³-hybridized carbons (Fsp3) is 0.473. The molecule has 3 saturated heterocycles. The minimum absolute atomic E-state index is 0.0175. The zero-order chi connectivity index (χ0) is 81.1. The largest absolute Gasteiger partial charge is 0.481 e. The summed E-state index contributed by atoms with van der Waals surface area (Å²) in [5.74, 6) is -16.4. The molecule has 112 heavy (non-hydrogen) atoms. The quantitative estimate of drug-likeness (QED) is 0.0127. The van der Waals surface area contributed by atoms with E-state index in [2.05, 4.69) is 68.5 Å². The second kappa shape index (κ2) is 42.1. The summed E-state index contributed by atoms with van der Waals surface area (Å²) >= 11 is 0. The van der Waals surface area contributed by atoms with E-state index in [9.17, 15) is 63.3 Å². The summed E-state index contributed by atoms with van der Waals surface area (Å²) in [6.45, 7) is 2.61. The molecular weight excluding hydrogens is 1490 g/mol. The van der Waals surface area contributed by atoms with E-state index in [1.165, 1.54) is 29.2 Å². The van der Waals surface area contributed by atoms with Crippen LogP contribution in [0.15, 0.2) is 97.5 Å². The number of amides is 12. The number of imidazole rings is 1. The lowest BCUT2D eigenvalue weighted by molar-refractivity contribution is -0.148. The summed E-state index contributed by atoms with van der Waals surface area (Å²) in [5, 5.41) is 68.8. The van der Waals surface area contributed by atoms with Crippen LogP contribution < -0.4 is 70.0 Å². The Morgan fingerprint density at radius 2 is 1.13 bits per heavy atom. The number of nitrogens with two attached hydrogens (primary N) is 2. The van der Waals surface area contributed by atoms with Gasteiger partial charge in [0.15, 0.2) is 5.96 Å². The molecule has 12 amide bonds. The summed E-state index contributed by atoms with van der Waals surface area (Å²) in [4.78, 5) is 221. The number of H-pyrrole nitrogens is 1. The second-order valence-corrected chi connectivity index (χ2v) is 30.1. The molecule has 1 aromatic heterocycles. The molecule has 12 atom stereocenters. The van der Waals surface area contributed by atoms with Gasteiger partial charge in [-0.2, -0.15) is 0 Å². The molecule has 0 spiro atoms. The number of nitrogens with one attached hydrogen (secondary N) is 13. The first-order chi connectivity index (χ1) is 53.5. The third-order valence-corrected chi connectivity index (χ3v) is 21.5. The van der Waals surface area contributed by atoms with Gasteiger partial charge in [0.25, 0.3) is 0 Å². The van der Waals surface area contributed by atoms with Gasteiger partial charge in [-0.25, -0.2) is 9.78 Å².